The molecule has 2 aromatic carbocycles. The molecule has 2 N–H and O–H groups in total. The molecule has 1 aromatic heterocycles. The van der Waals surface area contributed by atoms with Crippen LogP contribution in [0.25, 0.3) is 11.0 Å². The number of aliphatic carboxylic acids is 1. The number of rotatable bonds is 4. The molecule has 0 atom stereocenters. The number of carbonyl (C=O) groups is 1. The van der Waals surface area contributed by atoms with E-state index in [1.807, 2.05) is 48.5 Å². The van der Waals surface area contributed by atoms with Gasteiger partial charge in [0.15, 0.2) is 0 Å². The van der Waals surface area contributed by atoms with E-state index in [9.17, 15) is 4.79 Å². The molecule has 4 nitrogen and oxygen atoms in total. The van der Waals surface area contributed by atoms with Gasteiger partial charge in [0.25, 0.3) is 0 Å². The summed E-state index contributed by atoms with van der Waals surface area (Å²) in [5.74, 6) is -0.862. The molecule has 0 saturated heterocycles. The number of fused-ring (bicyclic) bond motifs is 1. The maximum Gasteiger partial charge on any atom is 0.307 e. The first-order valence-corrected chi connectivity index (χ1v) is 6.26. The van der Waals surface area contributed by atoms with Crippen molar-refractivity contribution < 1.29 is 14.3 Å². The summed E-state index contributed by atoms with van der Waals surface area (Å²) >= 11 is 0. The number of para-hydroxylation sites is 1. The summed E-state index contributed by atoms with van der Waals surface area (Å²) in [4.78, 5) is 10.8. The van der Waals surface area contributed by atoms with E-state index >= 15 is 0 Å². The molecule has 3 rings (SSSR count). The molecule has 0 aliphatic rings. The number of carboxylic acids is 1. The number of hydrogen-bond donors (Lipinski definition) is 2. The number of carboxylic acid groups (broad SMARTS) is 1. The fourth-order valence-corrected chi connectivity index (χ4v) is 2.15. The average Bonchev–Trinajstić information content (AvgIpc) is 2.82. The third-order valence-electron chi connectivity index (χ3n) is 3.06. The first kappa shape index (κ1) is 12.3. The zero-order valence-electron chi connectivity index (χ0n) is 10.7. The SMILES string of the molecule is O=C(O)Cc1coc2cc(Nc3ccccc3)ccc12. The third-order valence-corrected chi connectivity index (χ3v) is 3.06. The van der Waals surface area contributed by atoms with Crippen molar-refractivity contribution in [3.05, 3.63) is 60.4 Å². The molecule has 0 unspecified atom stereocenters. The van der Waals surface area contributed by atoms with Gasteiger partial charge in [-0.2, -0.15) is 0 Å². The molecule has 1 heterocycles. The van der Waals surface area contributed by atoms with Crippen molar-refractivity contribution in [1.29, 1.82) is 0 Å². The van der Waals surface area contributed by atoms with Crippen molar-refractivity contribution in [3.63, 3.8) is 0 Å². The van der Waals surface area contributed by atoms with Crippen LogP contribution in [0.1, 0.15) is 5.56 Å². The summed E-state index contributed by atoms with van der Waals surface area (Å²) in [7, 11) is 0. The van der Waals surface area contributed by atoms with Gasteiger partial charge in [-0.3, -0.25) is 4.79 Å². The largest absolute Gasteiger partial charge is 0.481 e. The van der Waals surface area contributed by atoms with E-state index in [0.29, 0.717) is 11.1 Å². The molecule has 0 saturated carbocycles. The Balaban J connectivity index is 1.90. The molecule has 0 aliphatic heterocycles. The lowest BCUT2D eigenvalue weighted by atomic mass is 10.1. The van der Waals surface area contributed by atoms with Crippen LogP contribution in [0.5, 0.6) is 0 Å². The quantitative estimate of drug-likeness (QED) is 0.754. The van der Waals surface area contributed by atoms with Gasteiger partial charge in [0.05, 0.1) is 12.7 Å². The predicted octanol–water partition coefficient (Wildman–Crippen LogP) is 3.80. The molecule has 0 bridgehead atoms. The highest BCUT2D eigenvalue weighted by Crippen LogP contribution is 2.26. The van der Waals surface area contributed by atoms with Gasteiger partial charge in [-0.15, -0.1) is 0 Å². The second-order valence-corrected chi connectivity index (χ2v) is 4.53. The van der Waals surface area contributed by atoms with Crippen LogP contribution in [0.15, 0.2) is 59.2 Å². The molecule has 3 aromatic rings. The molecule has 0 radical (unpaired) electrons. The summed E-state index contributed by atoms with van der Waals surface area (Å²) < 4.78 is 5.42. The highest BCUT2D eigenvalue weighted by molar-refractivity contribution is 5.88. The van der Waals surface area contributed by atoms with E-state index in [-0.39, 0.29) is 6.42 Å². The summed E-state index contributed by atoms with van der Waals surface area (Å²) in [6.45, 7) is 0. The van der Waals surface area contributed by atoms with Gasteiger partial charge in [0.2, 0.25) is 0 Å². The third kappa shape index (κ3) is 2.49. The van der Waals surface area contributed by atoms with Gasteiger partial charge in [-0.1, -0.05) is 18.2 Å². The Bertz CT molecular complexity index is 747. The molecule has 0 spiro atoms. The first-order chi connectivity index (χ1) is 9.72. The fourth-order valence-electron chi connectivity index (χ4n) is 2.15. The van der Waals surface area contributed by atoms with Crippen LogP contribution < -0.4 is 5.32 Å². The van der Waals surface area contributed by atoms with E-state index in [2.05, 4.69) is 5.32 Å². The lowest BCUT2D eigenvalue weighted by molar-refractivity contribution is -0.136. The Morgan fingerprint density at radius 1 is 1.10 bits per heavy atom. The predicted molar refractivity (Wildman–Crippen MR) is 77.3 cm³/mol. The van der Waals surface area contributed by atoms with Crippen molar-refractivity contribution >= 4 is 28.3 Å². The summed E-state index contributed by atoms with van der Waals surface area (Å²) in [5.41, 5.74) is 3.27. The zero-order chi connectivity index (χ0) is 13.9. The van der Waals surface area contributed by atoms with E-state index in [1.165, 1.54) is 6.26 Å². The highest BCUT2D eigenvalue weighted by atomic mass is 16.4. The van der Waals surface area contributed by atoms with E-state index in [0.717, 1.165) is 16.8 Å². The molecule has 20 heavy (non-hydrogen) atoms. The Morgan fingerprint density at radius 3 is 2.65 bits per heavy atom. The lowest BCUT2D eigenvalue weighted by Gasteiger charge is -2.05. The van der Waals surface area contributed by atoms with Crippen LogP contribution in [-0.4, -0.2) is 11.1 Å². The molecule has 0 aliphatic carbocycles. The van der Waals surface area contributed by atoms with Gasteiger partial charge >= 0.3 is 5.97 Å². The van der Waals surface area contributed by atoms with Gasteiger partial charge < -0.3 is 14.8 Å². The van der Waals surface area contributed by atoms with Crippen molar-refractivity contribution in [2.24, 2.45) is 0 Å². The van der Waals surface area contributed by atoms with Gasteiger partial charge in [-0.25, -0.2) is 0 Å². The van der Waals surface area contributed by atoms with Crippen molar-refractivity contribution in [2.75, 3.05) is 5.32 Å². The standard InChI is InChI=1S/C16H13NO3/c18-16(19)8-11-10-20-15-9-13(6-7-14(11)15)17-12-4-2-1-3-5-12/h1-7,9-10,17H,8H2,(H,18,19). The van der Waals surface area contributed by atoms with Crippen LogP contribution in [0.4, 0.5) is 11.4 Å². The number of furan rings is 1. The monoisotopic (exact) mass is 267 g/mol. The fraction of sp³-hybridized carbons (Fsp3) is 0.0625. The Labute approximate surface area is 115 Å². The maximum atomic E-state index is 10.8. The van der Waals surface area contributed by atoms with Gasteiger partial charge in [0, 0.05) is 28.4 Å². The Kier molecular flexibility index (Phi) is 3.13. The number of benzene rings is 2. The molecule has 0 fully saturated rings. The van der Waals surface area contributed by atoms with Crippen LogP contribution in [0.3, 0.4) is 0 Å². The normalized spacial score (nSPS) is 10.6. The van der Waals surface area contributed by atoms with Gasteiger partial charge in [0.1, 0.15) is 5.58 Å². The van der Waals surface area contributed by atoms with Crippen LogP contribution in [-0.2, 0) is 11.2 Å². The van der Waals surface area contributed by atoms with E-state index in [4.69, 9.17) is 9.52 Å². The van der Waals surface area contributed by atoms with Crippen molar-refractivity contribution in [1.82, 2.24) is 0 Å². The number of hydrogen-bond acceptors (Lipinski definition) is 3. The molecule has 4 heteroatoms. The van der Waals surface area contributed by atoms with Crippen LogP contribution in [0, 0.1) is 0 Å². The van der Waals surface area contributed by atoms with Crippen LogP contribution in [0.2, 0.25) is 0 Å². The molecular weight excluding hydrogens is 254 g/mol. The van der Waals surface area contributed by atoms with Crippen LogP contribution >= 0.6 is 0 Å². The number of anilines is 2. The second-order valence-electron chi connectivity index (χ2n) is 4.53. The van der Waals surface area contributed by atoms with E-state index < -0.39 is 5.97 Å². The lowest BCUT2D eigenvalue weighted by Crippen LogP contribution is -1.98. The average molecular weight is 267 g/mol. The minimum absolute atomic E-state index is 0.0293. The summed E-state index contributed by atoms with van der Waals surface area (Å²) in [6, 6.07) is 15.5. The second kappa shape index (κ2) is 5.09. The zero-order valence-corrected chi connectivity index (χ0v) is 10.7. The molecule has 100 valence electrons. The minimum atomic E-state index is -0.862. The topological polar surface area (TPSA) is 62.5 Å². The van der Waals surface area contributed by atoms with Gasteiger partial charge in [-0.05, 0) is 24.3 Å². The molecular formula is C16H13NO3. The van der Waals surface area contributed by atoms with Crippen molar-refractivity contribution in [2.45, 2.75) is 6.42 Å². The summed E-state index contributed by atoms with van der Waals surface area (Å²) in [6.07, 6.45) is 1.48. The Morgan fingerprint density at radius 2 is 1.90 bits per heavy atom. The molecule has 0 amide bonds. The Hall–Kier alpha value is -2.75. The minimum Gasteiger partial charge on any atom is -0.481 e. The highest BCUT2D eigenvalue weighted by Gasteiger charge is 2.09. The van der Waals surface area contributed by atoms with Crippen molar-refractivity contribution in [3.8, 4) is 0 Å². The smallest absolute Gasteiger partial charge is 0.307 e. The first-order valence-electron chi connectivity index (χ1n) is 6.26. The van der Waals surface area contributed by atoms with E-state index in [1.54, 1.807) is 0 Å². The summed E-state index contributed by atoms with van der Waals surface area (Å²) in [5, 5.41) is 12.9. The number of nitrogens with one attached hydrogen (secondary N) is 1. The maximum absolute atomic E-state index is 10.8.